The quantitative estimate of drug-likeness (QED) is 0.632. The lowest BCUT2D eigenvalue weighted by molar-refractivity contribution is -0.117. The van der Waals surface area contributed by atoms with E-state index in [1.807, 2.05) is 24.3 Å². The third-order valence-electron chi connectivity index (χ3n) is 2.98. The van der Waals surface area contributed by atoms with Crippen LogP contribution in [-0.2, 0) is 4.79 Å². The van der Waals surface area contributed by atoms with Gasteiger partial charge in [0.1, 0.15) is 0 Å². The number of benzene rings is 1. The van der Waals surface area contributed by atoms with Gasteiger partial charge < -0.3 is 10.6 Å². The molecule has 1 aliphatic rings. The number of carbonyl (C=O) groups excluding carboxylic acids is 2. The van der Waals surface area contributed by atoms with Gasteiger partial charge in [0.05, 0.1) is 5.71 Å². The fraction of sp³-hybridized carbons (Fsp3) is 0.308. The summed E-state index contributed by atoms with van der Waals surface area (Å²) in [5.41, 5.74) is 9.47. The third kappa shape index (κ3) is 3.09. The van der Waals surface area contributed by atoms with Gasteiger partial charge in [0, 0.05) is 18.7 Å². The van der Waals surface area contributed by atoms with Crippen LogP contribution in [0.25, 0.3) is 0 Å². The lowest BCUT2D eigenvalue weighted by Crippen LogP contribution is -2.26. The molecule has 100 valence electrons. The molecule has 19 heavy (non-hydrogen) atoms. The standard InChI is InChI=1S/C13H16N4O2/c1-9(15-16-13(14)19)10-4-2-5-11(8-10)17-7-3-6-12(17)18/h2,4-5,8H,3,6-7H2,1H3,(H3,14,16,19)/b15-9-. The number of hydrogen-bond donors (Lipinski definition) is 2. The van der Waals surface area contributed by atoms with Crippen LogP contribution in [-0.4, -0.2) is 24.2 Å². The van der Waals surface area contributed by atoms with Crippen molar-refractivity contribution >= 4 is 23.3 Å². The summed E-state index contributed by atoms with van der Waals surface area (Å²) >= 11 is 0. The normalized spacial score (nSPS) is 15.7. The molecule has 1 fully saturated rings. The van der Waals surface area contributed by atoms with E-state index in [-0.39, 0.29) is 5.91 Å². The Bertz CT molecular complexity index is 539. The van der Waals surface area contributed by atoms with Crippen LogP contribution in [0.2, 0.25) is 0 Å². The molecule has 3 N–H and O–H groups in total. The van der Waals surface area contributed by atoms with Crippen molar-refractivity contribution in [2.45, 2.75) is 19.8 Å². The molecule has 6 heteroatoms. The van der Waals surface area contributed by atoms with Gasteiger partial charge in [-0.3, -0.25) is 4.79 Å². The Morgan fingerprint density at radius 1 is 1.47 bits per heavy atom. The Morgan fingerprint density at radius 2 is 2.26 bits per heavy atom. The van der Waals surface area contributed by atoms with Gasteiger partial charge in [-0.25, -0.2) is 10.2 Å². The molecule has 6 nitrogen and oxygen atoms in total. The second-order valence-electron chi connectivity index (χ2n) is 4.37. The summed E-state index contributed by atoms with van der Waals surface area (Å²) < 4.78 is 0. The van der Waals surface area contributed by atoms with E-state index in [0.29, 0.717) is 12.1 Å². The third-order valence-corrected chi connectivity index (χ3v) is 2.98. The highest BCUT2D eigenvalue weighted by Gasteiger charge is 2.21. The molecule has 1 heterocycles. The first-order chi connectivity index (χ1) is 9.08. The number of primary amides is 1. The molecular formula is C13H16N4O2. The summed E-state index contributed by atoms with van der Waals surface area (Å²) in [6.07, 6.45) is 1.49. The molecule has 0 saturated carbocycles. The van der Waals surface area contributed by atoms with Crippen LogP contribution < -0.4 is 16.1 Å². The number of nitrogens with one attached hydrogen (secondary N) is 1. The van der Waals surface area contributed by atoms with E-state index in [2.05, 4.69) is 10.5 Å². The molecule has 0 bridgehead atoms. The van der Waals surface area contributed by atoms with E-state index < -0.39 is 6.03 Å². The molecule has 0 aliphatic carbocycles. The SMILES string of the molecule is C/C(=N/NC(N)=O)c1cccc(N2CCCC2=O)c1. The fourth-order valence-electron chi connectivity index (χ4n) is 2.02. The zero-order chi connectivity index (χ0) is 13.8. The summed E-state index contributed by atoms with van der Waals surface area (Å²) in [6.45, 7) is 2.51. The summed E-state index contributed by atoms with van der Waals surface area (Å²) in [5, 5.41) is 3.87. The topological polar surface area (TPSA) is 87.8 Å². The van der Waals surface area contributed by atoms with Gasteiger partial charge in [-0.05, 0) is 31.0 Å². The molecular weight excluding hydrogens is 244 g/mol. The molecule has 1 saturated heterocycles. The van der Waals surface area contributed by atoms with Crippen LogP contribution in [0, 0.1) is 0 Å². The first-order valence-electron chi connectivity index (χ1n) is 6.08. The zero-order valence-corrected chi connectivity index (χ0v) is 10.7. The molecule has 0 atom stereocenters. The Labute approximate surface area is 111 Å². The van der Waals surface area contributed by atoms with Crippen LogP contribution in [0.15, 0.2) is 29.4 Å². The van der Waals surface area contributed by atoms with Crippen molar-refractivity contribution in [3.8, 4) is 0 Å². The molecule has 1 aliphatic heterocycles. The highest BCUT2D eigenvalue weighted by atomic mass is 16.2. The van der Waals surface area contributed by atoms with E-state index in [0.717, 1.165) is 24.2 Å². The number of rotatable bonds is 3. The first-order valence-corrected chi connectivity index (χ1v) is 6.08. The van der Waals surface area contributed by atoms with Crippen LogP contribution in [0.1, 0.15) is 25.3 Å². The van der Waals surface area contributed by atoms with Crippen molar-refractivity contribution in [2.24, 2.45) is 10.8 Å². The summed E-state index contributed by atoms with van der Waals surface area (Å²) in [6, 6.07) is 6.79. The van der Waals surface area contributed by atoms with Gasteiger partial charge in [-0.2, -0.15) is 5.10 Å². The average molecular weight is 260 g/mol. The average Bonchev–Trinajstić information content (AvgIpc) is 2.82. The molecule has 0 radical (unpaired) electrons. The maximum atomic E-state index is 11.7. The molecule has 1 aromatic rings. The van der Waals surface area contributed by atoms with Crippen molar-refractivity contribution in [2.75, 3.05) is 11.4 Å². The maximum absolute atomic E-state index is 11.7. The Morgan fingerprint density at radius 3 is 2.89 bits per heavy atom. The summed E-state index contributed by atoms with van der Waals surface area (Å²) in [7, 11) is 0. The Kier molecular flexibility index (Phi) is 3.79. The predicted molar refractivity (Wildman–Crippen MR) is 73.0 cm³/mol. The van der Waals surface area contributed by atoms with E-state index >= 15 is 0 Å². The van der Waals surface area contributed by atoms with Gasteiger partial charge in [0.25, 0.3) is 0 Å². The number of nitrogens with two attached hydrogens (primary N) is 1. The maximum Gasteiger partial charge on any atom is 0.332 e. The highest BCUT2D eigenvalue weighted by Crippen LogP contribution is 2.22. The van der Waals surface area contributed by atoms with Crippen LogP contribution in [0.4, 0.5) is 10.5 Å². The van der Waals surface area contributed by atoms with E-state index in [1.54, 1.807) is 11.8 Å². The first kappa shape index (κ1) is 13.1. The minimum absolute atomic E-state index is 0.141. The summed E-state index contributed by atoms with van der Waals surface area (Å²) in [5.74, 6) is 0.141. The number of amides is 3. The van der Waals surface area contributed by atoms with Gasteiger partial charge in [-0.15, -0.1) is 0 Å². The summed E-state index contributed by atoms with van der Waals surface area (Å²) in [4.78, 5) is 24.1. The van der Waals surface area contributed by atoms with E-state index in [1.165, 1.54) is 0 Å². The molecule has 0 spiro atoms. The Balaban J connectivity index is 2.21. The molecule has 1 aromatic carbocycles. The van der Waals surface area contributed by atoms with Gasteiger partial charge in [0.15, 0.2) is 0 Å². The van der Waals surface area contributed by atoms with Crippen LogP contribution in [0.3, 0.4) is 0 Å². The van der Waals surface area contributed by atoms with Crippen molar-refractivity contribution in [3.63, 3.8) is 0 Å². The molecule has 2 rings (SSSR count). The lowest BCUT2D eigenvalue weighted by Gasteiger charge is -2.16. The van der Waals surface area contributed by atoms with Crippen LogP contribution in [0.5, 0.6) is 0 Å². The monoisotopic (exact) mass is 260 g/mol. The molecule has 0 aromatic heterocycles. The minimum atomic E-state index is -0.703. The number of hydrogen-bond acceptors (Lipinski definition) is 3. The molecule has 0 unspecified atom stereocenters. The fourth-order valence-corrected chi connectivity index (χ4v) is 2.02. The second-order valence-corrected chi connectivity index (χ2v) is 4.37. The van der Waals surface area contributed by atoms with Gasteiger partial charge in [0.2, 0.25) is 5.91 Å². The van der Waals surface area contributed by atoms with Crippen LogP contribution >= 0.6 is 0 Å². The largest absolute Gasteiger partial charge is 0.350 e. The zero-order valence-electron chi connectivity index (χ0n) is 10.7. The predicted octanol–water partition coefficient (Wildman–Crippen LogP) is 1.21. The van der Waals surface area contributed by atoms with Crippen molar-refractivity contribution in [3.05, 3.63) is 29.8 Å². The highest BCUT2D eigenvalue weighted by molar-refractivity contribution is 6.01. The van der Waals surface area contributed by atoms with E-state index in [4.69, 9.17) is 5.73 Å². The minimum Gasteiger partial charge on any atom is -0.350 e. The van der Waals surface area contributed by atoms with Gasteiger partial charge >= 0.3 is 6.03 Å². The van der Waals surface area contributed by atoms with Crippen molar-refractivity contribution in [1.82, 2.24) is 5.43 Å². The van der Waals surface area contributed by atoms with Gasteiger partial charge in [-0.1, -0.05) is 12.1 Å². The number of nitrogens with zero attached hydrogens (tertiary/aromatic N) is 2. The van der Waals surface area contributed by atoms with Crippen molar-refractivity contribution in [1.29, 1.82) is 0 Å². The lowest BCUT2D eigenvalue weighted by atomic mass is 10.1. The number of hydrazone groups is 1. The van der Waals surface area contributed by atoms with Crippen molar-refractivity contribution < 1.29 is 9.59 Å². The molecule has 3 amide bonds. The van der Waals surface area contributed by atoms with E-state index in [9.17, 15) is 9.59 Å². The second kappa shape index (κ2) is 5.51. The number of urea groups is 1. The number of anilines is 1. The Hall–Kier alpha value is -2.37. The smallest absolute Gasteiger partial charge is 0.332 e. The number of carbonyl (C=O) groups is 2.